The zero-order chi connectivity index (χ0) is 6.04. The van der Waals surface area contributed by atoms with Gasteiger partial charge >= 0.3 is 0 Å². The van der Waals surface area contributed by atoms with Crippen LogP contribution < -0.4 is 0 Å². The molecule has 0 unspecified atom stereocenters. The summed E-state index contributed by atoms with van der Waals surface area (Å²) in [6.07, 6.45) is 3.47. The Morgan fingerprint density at radius 2 is 2.11 bits per heavy atom. The highest BCUT2D eigenvalue weighted by molar-refractivity contribution is 5.85. The van der Waals surface area contributed by atoms with Crippen LogP contribution in [0.1, 0.15) is 0 Å². The number of halogens is 3. The van der Waals surface area contributed by atoms with Crippen molar-refractivity contribution in [3.05, 3.63) is 12.2 Å². The highest BCUT2D eigenvalue weighted by atomic mass is 35.5. The predicted octanol–water partition coefficient (Wildman–Crippen LogP) is 1.68. The molecule has 4 heteroatoms. The molecule has 1 nitrogen and oxygen atoms in total. The van der Waals surface area contributed by atoms with Crippen molar-refractivity contribution in [2.75, 3.05) is 6.54 Å². The summed E-state index contributed by atoms with van der Waals surface area (Å²) in [6.45, 7) is -0.399. The molecule has 0 bridgehead atoms. The smallest absolute Gasteiger partial charge is 0.285 e. The fourth-order valence-electron chi connectivity index (χ4n) is 0.472. The van der Waals surface area contributed by atoms with Crippen LogP contribution in [0.5, 0.6) is 0 Å². The number of alkyl halides is 2. The van der Waals surface area contributed by atoms with Crippen LogP contribution in [-0.4, -0.2) is 18.7 Å². The van der Waals surface area contributed by atoms with Gasteiger partial charge in [0, 0.05) is 6.21 Å². The molecule has 1 aliphatic heterocycles. The van der Waals surface area contributed by atoms with Crippen molar-refractivity contribution in [3.63, 3.8) is 0 Å². The maximum atomic E-state index is 12.0. The van der Waals surface area contributed by atoms with E-state index in [4.69, 9.17) is 0 Å². The van der Waals surface area contributed by atoms with Gasteiger partial charge in [-0.1, -0.05) is 0 Å². The number of rotatable bonds is 0. The molecule has 0 amide bonds. The van der Waals surface area contributed by atoms with Crippen molar-refractivity contribution < 1.29 is 8.78 Å². The van der Waals surface area contributed by atoms with Gasteiger partial charge < -0.3 is 0 Å². The normalized spacial score (nSPS) is 21.1. The number of aliphatic imine (C=N–C) groups is 1. The Balaban J connectivity index is 0.000000640. The molecule has 0 N–H and O–H groups in total. The first kappa shape index (κ1) is 8.56. The van der Waals surface area contributed by atoms with Crippen LogP contribution in [0.25, 0.3) is 0 Å². The molecule has 52 valence electrons. The molecule has 1 heterocycles. The molecule has 0 saturated carbocycles. The number of hydrogen-bond acceptors (Lipinski definition) is 1. The molecule has 0 fully saturated rings. The molecule has 9 heavy (non-hydrogen) atoms. The Morgan fingerprint density at radius 1 is 1.44 bits per heavy atom. The van der Waals surface area contributed by atoms with Crippen LogP contribution >= 0.6 is 12.4 Å². The van der Waals surface area contributed by atoms with Crippen LogP contribution in [0.3, 0.4) is 0 Å². The van der Waals surface area contributed by atoms with E-state index in [9.17, 15) is 8.78 Å². The summed E-state index contributed by atoms with van der Waals surface area (Å²) in [7, 11) is 0. The number of allylic oxidation sites excluding steroid dienone is 1. The SMILES string of the molecule is Cl.FC1(F)C=CC=NC1. The van der Waals surface area contributed by atoms with E-state index in [0.717, 1.165) is 6.08 Å². The fourth-order valence-corrected chi connectivity index (χ4v) is 0.472. The summed E-state index contributed by atoms with van der Waals surface area (Å²) in [5, 5.41) is 0. The summed E-state index contributed by atoms with van der Waals surface area (Å²) >= 11 is 0. The van der Waals surface area contributed by atoms with E-state index in [1.54, 1.807) is 0 Å². The van der Waals surface area contributed by atoms with Gasteiger partial charge in [0.05, 0.1) is 0 Å². The third-order valence-electron chi connectivity index (χ3n) is 0.834. The highest BCUT2D eigenvalue weighted by Crippen LogP contribution is 2.16. The molecule has 0 aliphatic carbocycles. The Hall–Kier alpha value is -0.440. The molecule has 0 aromatic heterocycles. The van der Waals surface area contributed by atoms with Crippen LogP contribution in [0, 0.1) is 0 Å². The Bertz CT molecular complexity index is 142. The largest absolute Gasteiger partial charge is 0.287 e. The second-order valence-corrected chi connectivity index (χ2v) is 1.61. The van der Waals surface area contributed by atoms with Gasteiger partial charge in [-0.25, -0.2) is 0 Å². The van der Waals surface area contributed by atoms with E-state index in [0.29, 0.717) is 0 Å². The van der Waals surface area contributed by atoms with E-state index in [-0.39, 0.29) is 12.4 Å². The van der Waals surface area contributed by atoms with Gasteiger partial charge in [0.15, 0.2) is 0 Å². The predicted molar refractivity (Wildman–Crippen MR) is 34.7 cm³/mol. The van der Waals surface area contributed by atoms with Gasteiger partial charge in [-0.15, -0.1) is 12.4 Å². The average Bonchev–Trinajstić information content (AvgIpc) is 1.65. The first-order valence-electron chi connectivity index (χ1n) is 2.26. The number of hydrogen-bond donors (Lipinski definition) is 0. The molecular formula is C5H6ClF2N. The van der Waals surface area contributed by atoms with Crippen LogP contribution in [-0.2, 0) is 0 Å². The van der Waals surface area contributed by atoms with Crippen molar-refractivity contribution in [1.82, 2.24) is 0 Å². The number of nitrogens with zero attached hydrogens (tertiary/aromatic N) is 1. The molecule has 1 aliphatic rings. The van der Waals surface area contributed by atoms with Crippen LogP contribution in [0.15, 0.2) is 17.1 Å². The van der Waals surface area contributed by atoms with Crippen molar-refractivity contribution in [2.45, 2.75) is 5.92 Å². The van der Waals surface area contributed by atoms with Crippen LogP contribution in [0.4, 0.5) is 8.78 Å². The molecular weight excluding hydrogens is 148 g/mol. The monoisotopic (exact) mass is 153 g/mol. The number of dihydropyridines is 1. The topological polar surface area (TPSA) is 12.4 Å². The second kappa shape index (κ2) is 2.92. The Labute approximate surface area is 57.9 Å². The molecule has 0 radical (unpaired) electrons. The van der Waals surface area contributed by atoms with E-state index in [1.807, 2.05) is 0 Å². The lowest BCUT2D eigenvalue weighted by Crippen LogP contribution is -2.18. The molecule has 0 aromatic carbocycles. The van der Waals surface area contributed by atoms with E-state index < -0.39 is 12.5 Å². The molecule has 1 rings (SSSR count). The second-order valence-electron chi connectivity index (χ2n) is 1.61. The van der Waals surface area contributed by atoms with Gasteiger partial charge in [0.1, 0.15) is 6.54 Å². The lowest BCUT2D eigenvalue weighted by molar-refractivity contribution is 0.0650. The molecule has 0 saturated heterocycles. The summed E-state index contributed by atoms with van der Waals surface area (Å²) in [6, 6.07) is 0. The minimum Gasteiger partial charge on any atom is -0.287 e. The van der Waals surface area contributed by atoms with Gasteiger partial charge in [-0.2, -0.15) is 8.78 Å². The average molecular weight is 154 g/mol. The van der Waals surface area contributed by atoms with Crippen LogP contribution in [0.2, 0.25) is 0 Å². The third kappa shape index (κ3) is 2.56. The molecule has 0 aromatic rings. The zero-order valence-corrected chi connectivity index (χ0v) is 5.37. The van der Waals surface area contributed by atoms with E-state index >= 15 is 0 Å². The summed E-state index contributed by atoms with van der Waals surface area (Å²) < 4.78 is 24.0. The van der Waals surface area contributed by atoms with Crippen molar-refractivity contribution in [1.29, 1.82) is 0 Å². The maximum absolute atomic E-state index is 12.0. The Kier molecular flexibility index (Phi) is 2.77. The Morgan fingerprint density at radius 3 is 2.33 bits per heavy atom. The van der Waals surface area contributed by atoms with Gasteiger partial charge in [0.25, 0.3) is 5.92 Å². The highest BCUT2D eigenvalue weighted by Gasteiger charge is 2.24. The quantitative estimate of drug-likeness (QED) is 0.502. The van der Waals surface area contributed by atoms with Crippen molar-refractivity contribution in [2.24, 2.45) is 4.99 Å². The lowest BCUT2D eigenvalue weighted by Gasteiger charge is -2.09. The van der Waals surface area contributed by atoms with Gasteiger partial charge in [-0.05, 0) is 12.2 Å². The maximum Gasteiger partial charge on any atom is 0.285 e. The summed E-state index contributed by atoms with van der Waals surface area (Å²) in [5.74, 6) is -2.70. The van der Waals surface area contributed by atoms with Gasteiger partial charge in [0.2, 0.25) is 0 Å². The van der Waals surface area contributed by atoms with E-state index in [1.165, 1.54) is 12.3 Å². The summed E-state index contributed by atoms with van der Waals surface area (Å²) in [5.41, 5.74) is 0. The van der Waals surface area contributed by atoms with E-state index in [2.05, 4.69) is 4.99 Å². The summed E-state index contributed by atoms with van der Waals surface area (Å²) in [4.78, 5) is 3.37. The lowest BCUT2D eigenvalue weighted by atomic mass is 10.3. The molecule has 0 spiro atoms. The minimum atomic E-state index is -2.70. The third-order valence-corrected chi connectivity index (χ3v) is 0.834. The zero-order valence-electron chi connectivity index (χ0n) is 4.55. The van der Waals surface area contributed by atoms with Crippen molar-refractivity contribution >= 4 is 18.6 Å². The first-order chi connectivity index (χ1) is 3.71. The molecule has 0 atom stereocenters. The minimum absolute atomic E-state index is 0. The standard InChI is InChI=1S/C5H5F2N.ClH/c6-5(7)2-1-3-8-4-5;/h1-3H,4H2;1H. The van der Waals surface area contributed by atoms with Gasteiger partial charge in [-0.3, -0.25) is 4.99 Å². The van der Waals surface area contributed by atoms with Crippen molar-refractivity contribution in [3.8, 4) is 0 Å². The fraction of sp³-hybridized carbons (Fsp3) is 0.400. The first-order valence-corrected chi connectivity index (χ1v) is 2.26.